The second-order valence-corrected chi connectivity index (χ2v) is 9.40. The molecule has 0 heterocycles. The molecule has 18 heteroatoms. The topological polar surface area (TPSA) is 83.8 Å². The van der Waals surface area contributed by atoms with Crippen LogP contribution in [0.2, 0.25) is 0 Å². The van der Waals surface area contributed by atoms with Crippen molar-refractivity contribution in [2.24, 2.45) is 0 Å². The maximum atomic E-state index is 14.5. The van der Waals surface area contributed by atoms with Crippen molar-refractivity contribution < 1.29 is 58.4 Å². The average molecular weight is 690 g/mol. The maximum absolute atomic E-state index is 14.5. The van der Waals surface area contributed by atoms with E-state index in [-0.39, 0.29) is 33.0 Å². The lowest BCUT2D eigenvalue weighted by atomic mass is 9.92. The molecule has 43 heavy (non-hydrogen) atoms. The summed E-state index contributed by atoms with van der Waals surface area (Å²) in [7, 11) is 1.24. The smallest absolute Gasteiger partial charge is 0.311 e. The Morgan fingerprint density at radius 3 is 1.81 bits per heavy atom. The zero-order valence-electron chi connectivity index (χ0n) is 21.0. The van der Waals surface area contributed by atoms with Crippen LogP contribution in [0.15, 0.2) is 66.7 Å². The predicted molar refractivity (Wildman–Crippen MR) is 134 cm³/mol. The van der Waals surface area contributed by atoms with Crippen molar-refractivity contribution in [2.75, 3.05) is 15.9 Å². The van der Waals surface area contributed by atoms with Gasteiger partial charge in [-0.05, 0) is 42.5 Å². The molecule has 3 rings (SSSR count). The minimum atomic E-state index is -6.68. The highest BCUT2D eigenvalue weighted by molar-refractivity contribution is 9.10. The van der Waals surface area contributed by atoms with E-state index in [1.807, 2.05) is 0 Å². The van der Waals surface area contributed by atoms with E-state index in [1.165, 1.54) is 19.2 Å². The van der Waals surface area contributed by atoms with E-state index >= 15 is 0 Å². The number of hydrogen-bond acceptors (Lipinski definition) is 4. The van der Waals surface area contributed by atoms with Crippen molar-refractivity contribution in [1.29, 1.82) is 0 Å². The third kappa shape index (κ3) is 6.42. The molecule has 0 aliphatic rings. The first-order valence-electron chi connectivity index (χ1n) is 11.3. The van der Waals surface area contributed by atoms with Crippen LogP contribution in [0.5, 0.6) is 0 Å². The van der Waals surface area contributed by atoms with Crippen molar-refractivity contribution in [3.05, 3.63) is 99.1 Å². The Labute approximate surface area is 242 Å². The molecule has 0 spiro atoms. The Hall–Kier alpha value is -4.22. The number of nitro benzene ring substituents is 1. The van der Waals surface area contributed by atoms with E-state index in [1.54, 1.807) is 0 Å². The molecule has 3 aromatic carbocycles. The Kier molecular flexibility index (Phi) is 8.87. The van der Waals surface area contributed by atoms with E-state index in [0.717, 1.165) is 41.3 Å². The first kappa shape index (κ1) is 33.3. The second kappa shape index (κ2) is 11.5. The zero-order chi connectivity index (χ0) is 32.7. The van der Waals surface area contributed by atoms with Crippen LogP contribution in [0.3, 0.4) is 0 Å². The molecule has 0 fully saturated rings. The number of halogens is 11. The molecule has 3 aromatic rings. The summed E-state index contributed by atoms with van der Waals surface area (Å²) in [6.07, 6.45) is -19.0. The minimum Gasteiger partial charge on any atom is -0.311 e. The van der Waals surface area contributed by atoms with E-state index < -0.39 is 69.4 Å². The fourth-order valence-electron chi connectivity index (χ4n) is 3.74. The van der Waals surface area contributed by atoms with Gasteiger partial charge in [0.15, 0.2) is 0 Å². The fourth-order valence-corrected chi connectivity index (χ4v) is 4.26. The average Bonchev–Trinajstić information content (AvgIpc) is 2.93. The highest BCUT2D eigenvalue weighted by atomic mass is 79.9. The standard InChI is InChI=1S/C25H14BrF10N3O4/c1-37(20(40)13-5-8-16(9-6-13)39(42)43)17-4-2-3-14(11-17)21(41)38(26)19-10-7-15(12-18(19)23(28,29)30)22(27,24(31,32)33)25(34,35)36/h2-12H,1H3. The lowest BCUT2D eigenvalue weighted by Gasteiger charge is -2.31. The summed E-state index contributed by atoms with van der Waals surface area (Å²) < 4.78 is 135. The molecular weight excluding hydrogens is 676 g/mol. The molecule has 0 atom stereocenters. The lowest BCUT2D eigenvalue weighted by Crippen LogP contribution is -2.50. The second-order valence-electron chi connectivity index (χ2n) is 8.69. The lowest BCUT2D eigenvalue weighted by molar-refractivity contribution is -0.384. The number of carbonyl (C=O) groups is 2. The Morgan fingerprint density at radius 2 is 1.33 bits per heavy atom. The van der Waals surface area contributed by atoms with Crippen LogP contribution in [0.25, 0.3) is 0 Å². The number of rotatable bonds is 6. The fraction of sp³-hybridized carbons (Fsp3) is 0.200. The van der Waals surface area contributed by atoms with Gasteiger partial charge in [-0.3, -0.25) is 19.7 Å². The third-order valence-corrected chi connectivity index (χ3v) is 6.69. The first-order valence-corrected chi connectivity index (χ1v) is 12.0. The molecule has 0 bridgehead atoms. The van der Waals surface area contributed by atoms with Gasteiger partial charge < -0.3 is 4.90 Å². The Morgan fingerprint density at radius 1 is 0.767 bits per heavy atom. The van der Waals surface area contributed by atoms with Gasteiger partial charge in [0.2, 0.25) is 0 Å². The molecule has 0 saturated carbocycles. The minimum absolute atomic E-state index is 0.000868. The molecule has 0 aromatic heterocycles. The molecule has 230 valence electrons. The van der Waals surface area contributed by atoms with Gasteiger partial charge in [-0.1, -0.05) is 12.1 Å². The van der Waals surface area contributed by atoms with Crippen LogP contribution < -0.4 is 8.83 Å². The largest absolute Gasteiger partial charge is 0.435 e. The summed E-state index contributed by atoms with van der Waals surface area (Å²) in [6.45, 7) is 0. The van der Waals surface area contributed by atoms with E-state index in [2.05, 4.69) is 16.1 Å². The molecule has 0 radical (unpaired) electrons. The van der Waals surface area contributed by atoms with Crippen LogP contribution in [-0.2, 0) is 11.8 Å². The van der Waals surface area contributed by atoms with Crippen molar-refractivity contribution >= 4 is 45.0 Å². The van der Waals surface area contributed by atoms with Crippen molar-refractivity contribution in [1.82, 2.24) is 0 Å². The molecule has 0 aliphatic heterocycles. The quantitative estimate of drug-likeness (QED) is 0.113. The number of alkyl halides is 10. The van der Waals surface area contributed by atoms with Gasteiger partial charge in [-0.2, -0.15) is 39.5 Å². The molecule has 0 N–H and O–H groups in total. The van der Waals surface area contributed by atoms with Gasteiger partial charge in [0.25, 0.3) is 17.5 Å². The summed E-state index contributed by atoms with van der Waals surface area (Å²) in [4.78, 5) is 37.0. The zero-order valence-corrected chi connectivity index (χ0v) is 22.6. The van der Waals surface area contributed by atoms with Crippen molar-refractivity contribution in [2.45, 2.75) is 24.2 Å². The summed E-state index contributed by atoms with van der Waals surface area (Å²) >= 11 is 2.54. The summed E-state index contributed by atoms with van der Waals surface area (Å²) in [5.41, 5.74) is -12.8. The number of nitrogens with zero attached hydrogens (tertiary/aromatic N) is 3. The SMILES string of the molecule is CN(C(=O)c1ccc([N+](=O)[O-])cc1)c1cccc(C(=O)N(Br)c2ccc(C(F)(C(F)(F)F)C(F)(F)F)cc2C(F)(F)F)c1. The van der Waals surface area contributed by atoms with Crippen LogP contribution >= 0.6 is 16.1 Å². The van der Waals surface area contributed by atoms with Gasteiger partial charge in [-0.15, -0.1) is 0 Å². The maximum Gasteiger partial charge on any atom is 0.435 e. The number of amides is 2. The monoisotopic (exact) mass is 689 g/mol. The highest BCUT2D eigenvalue weighted by Gasteiger charge is 2.73. The summed E-state index contributed by atoms with van der Waals surface area (Å²) in [5, 5.41) is 10.8. The molecule has 0 saturated heterocycles. The van der Waals surface area contributed by atoms with E-state index in [9.17, 15) is 63.6 Å². The number of hydrogen-bond donors (Lipinski definition) is 0. The molecule has 7 nitrogen and oxygen atoms in total. The van der Waals surface area contributed by atoms with Crippen molar-refractivity contribution in [3.63, 3.8) is 0 Å². The van der Waals surface area contributed by atoms with Crippen molar-refractivity contribution in [3.8, 4) is 0 Å². The Bertz CT molecular complexity index is 1540. The first-order chi connectivity index (χ1) is 19.6. The van der Waals surface area contributed by atoms with E-state index in [4.69, 9.17) is 0 Å². The van der Waals surface area contributed by atoms with E-state index in [0.29, 0.717) is 0 Å². The molecule has 0 aliphatic carbocycles. The van der Waals surface area contributed by atoms with Crippen LogP contribution in [0, 0.1) is 10.1 Å². The summed E-state index contributed by atoms with van der Waals surface area (Å²) in [6, 6.07) is 8.23. The number of carbonyl (C=O) groups excluding carboxylic acids is 2. The van der Waals surface area contributed by atoms with Gasteiger partial charge >= 0.3 is 24.2 Å². The normalized spacial score (nSPS) is 12.6. The number of anilines is 2. The van der Waals surface area contributed by atoms with Gasteiger partial charge in [0.1, 0.15) is 0 Å². The van der Waals surface area contributed by atoms with Crippen LogP contribution in [0.4, 0.5) is 61.0 Å². The number of non-ortho nitro benzene ring substituents is 1. The molecule has 0 unspecified atom stereocenters. The van der Waals surface area contributed by atoms with Gasteiger partial charge in [-0.25, -0.2) is 8.32 Å². The predicted octanol–water partition coefficient (Wildman–Crippen LogP) is 8.14. The van der Waals surface area contributed by atoms with Crippen LogP contribution in [0.1, 0.15) is 31.8 Å². The van der Waals surface area contributed by atoms with Crippen LogP contribution in [-0.4, -0.2) is 36.1 Å². The Balaban J connectivity index is 2.00. The molecular formula is C25H14BrF10N3O4. The molecule has 2 amide bonds. The van der Waals surface area contributed by atoms with Gasteiger partial charge in [0.05, 0.1) is 32.3 Å². The third-order valence-electron chi connectivity index (χ3n) is 5.98. The number of nitro groups is 1. The van der Waals surface area contributed by atoms with Gasteiger partial charge in [0, 0.05) is 41.6 Å². The number of benzene rings is 3. The summed E-state index contributed by atoms with van der Waals surface area (Å²) in [5.74, 6) is -2.02. The highest BCUT2D eigenvalue weighted by Crippen LogP contribution is 2.54.